The van der Waals surface area contributed by atoms with E-state index < -0.39 is 17.8 Å². The van der Waals surface area contributed by atoms with E-state index in [1.165, 1.54) is 6.92 Å². The first kappa shape index (κ1) is 16.3. The standard InChI is InChI=1S/C18H16F2N2O2/c1-8-6-11(10(3)21)18-12(7-8)16(23)9(2)17(24-18)15-13(19)4-5-14(20)22-15/h4-7,10H,21H2,1-3H3. The molecule has 0 aliphatic heterocycles. The fraction of sp³-hybridized carbons (Fsp3) is 0.222. The van der Waals surface area contributed by atoms with Crippen molar-refractivity contribution in [2.45, 2.75) is 26.8 Å². The summed E-state index contributed by atoms with van der Waals surface area (Å²) >= 11 is 0. The first-order chi connectivity index (χ1) is 11.3. The van der Waals surface area contributed by atoms with Crippen LogP contribution in [0.3, 0.4) is 0 Å². The zero-order valence-electron chi connectivity index (χ0n) is 13.5. The van der Waals surface area contributed by atoms with Gasteiger partial charge < -0.3 is 10.2 Å². The third-order valence-corrected chi connectivity index (χ3v) is 3.91. The number of nitrogens with two attached hydrogens (primary N) is 1. The Balaban J connectivity index is 2.45. The van der Waals surface area contributed by atoms with Crippen LogP contribution in [0.5, 0.6) is 0 Å². The molecule has 0 spiro atoms. The maximum Gasteiger partial charge on any atom is 0.213 e. The van der Waals surface area contributed by atoms with Crippen molar-refractivity contribution in [3.8, 4) is 11.5 Å². The molecule has 0 amide bonds. The minimum absolute atomic E-state index is 0.0877. The average Bonchev–Trinajstić information content (AvgIpc) is 2.53. The van der Waals surface area contributed by atoms with Crippen molar-refractivity contribution in [3.05, 3.63) is 62.9 Å². The van der Waals surface area contributed by atoms with Gasteiger partial charge in [0.15, 0.2) is 17.0 Å². The van der Waals surface area contributed by atoms with Crippen LogP contribution in [0.1, 0.15) is 29.7 Å². The molecule has 2 N–H and O–H groups in total. The predicted molar refractivity (Wildman–Crippen MR) is 87.7 cm³/mol. The van der Waals surface area contributed by atoms with E-state index >= 15 is 0 Å². The number of hydrogen-bond donors (Lipinski definition) is 1. The summed E-state index contributed by atoms with van der Waals surface area (Å²) in [4.78, 5) is 16.2. The van der Waals surface area contributed by atoms with Crippen molar-refractivity contribution in [3.63, 3.8) is 0 Å². The zero-order valence-corrected chi connectivity index (χ0v) is 13.5. The zero-order chi connectivity index (χ0) is 17.6. The lowest BCUT2D eigenvalue weighted by Gasteiger charge is -2.13. The molecule has 3 aromatic rings. The SMILES string of the molecule is Cc1cc(C(C)N)c2oc(-c3nc(F)ccc3F)c(C)c(=O)c2c1. The molecule has 2 aromatic heterocycles. The number of halogens is 2. The van der Waals surface area contributed by atoms with Crippen molar-refractivity contribution in [1.82, 2.24) is 4.98 Å². The topological polar surface area (TPSA) is 69.1 Å². The smallest absolute Gasteiger partial charge is 0.213 e. The lowest BCUT2D eigenvalue weighted by atomic mass is 10.00. The number of benzene rings is 1. The second-order valence-electron chi connectivity index (χ2n) is 5.87. The molecule has 24 heavy (non-hydrogen) atoms. The molecule has 4 nitrogen and oxygen atoms in total. The van der Waals surface area contributed by atoms with Crippen LogP contribution in [0.4, 0.5) is 8.78 Å². The molecule has 0 fully saturated rings. The highest BCUT2D eigenvalue weighted by molar-refractivity contribution is 5.84. The summed E-state index contributed by atoms with van der Waals surface area (Å²) in [5.74, 6) is -1.71. The highest BCUT2D eigenvalue weighted by Crippen LogP contribution is 2.30. The summed E-state index contributed by atoms with van der Waals surface area (Å²) in [6.07, 6.45) is 0. The van der Waals surface area contributed by atoms with Gasteiger partial charge in [-0.2, -0.15) is 4.39 Å². The Hall–Kier alpha value is -2.60. The van der Waals surface area contributed by atoms with Crippen LogP contribution in [0.15, 0.2) is 33.5 Å². The van der Waals surface area contributed by atoms with Gasteiger partial charge in [-0.1, -0.05) is 6.07 Å². The predicted octanol–water partition coefficient (Wildman–Crippen LogP) is 3.77. The third-order valence-electron chi connectivity index (χ3n) is 3.91. The van der Waals surface area contributed by atoms with Gasteiger partial charge in [0.05, 0.1) is 5.39 Å². The Kier molecular flexibility index (Phi) is 3.93. The van der Waals surface area contributed by atoms with E-state index in [1.807, 2.05) is 13.0 Å². The van der Waals surface area contributed by atoms with Gasteiger partial charge in [0.2, 0.25) is 5.95 Å². The van der Waals surface area contributed by atoms with Gasteiger partial charge in [0.1, 0.15) is 11.3 Å². The Labute approximate surface area is 136 Å². The van der Waals surface area contributed by atoms with Crippen LogP contribution in [0, 0.1) is 25.6 Å². The van der Waals surface area contributed by atoms with Crippen LogP contribution in [0.25, 0.3) is 22.4 Å². The first-order valence-electron chi connectivity index (χ1n) is 7.45. The number of aryl methyl sites for hydroxylation is 1. The minimum atomic E-state index is -0.857. The Morgan fingerprint density at radius 2 is 1.92 bits per heavy atom. The molecule has 0 saturated carbocycles. The number of rotatable bonds is 2. The Morgan fingerprint density at radius 3 is 2.58 bits per heavy atom. The lowest BCUT2D eigenvalue weighted by Crippen LogP contribution is -2.12. The van der Waals surface area contributed by atoms with Crippen LogP contribution in [-0.2, 0) is 0 Å². The Morgan fingerprint density at radius 1 is 1.21 bits per heavy atom. The van der Waals surface area contributed by atoms with Crippen LogP contribution in [-0.4, -0.2) is 4.98 Å². The maximum absolute atomic E-state index is 14.1. The molecule has 3 rings (SSSR count). The summed E-state index contributed by atoms with van der Waals surface area (Å²) in [5, 5.41) is 0.361. The summed E-state index contributed by atoms with van der Waals surface area (Å²) in [5.41, 5.74) is 7.25. The summed E-state index contributed by atoms with van der Waals surface area (Å²) in [6, 6.07) is 4.97. The monoisotopic (exact) mass is 330 g/mol. The molecule has 0 saturated heterocycles. The van der Waals surface area contributed by atoms with Gasteiger partial charge >= 0.3 is 0 Å². The molecule has 0 radical (unpaired) electrons. The van der Waals surface area contributed by atoms with Crippen molar-refractivity contribution >= 4 is 11.0 Å². The van der Waals surface area contributed by atoms with E-state index in [0.717, 1.165) is 17.7 Å². The normalized spacial score (nSPS) is 12.6. The second kappa shape index (κ2) is 5.79. The quantitative estimate of drug-likeness (QED) is 0.726. The fourth-order valence-electron chi connectivity index (χ4n) is 2.71. The third kappa shape index (κ3) is 2.59. The second-order valence-corrected chi connectivity index (χ2v) is 5.87. The number of hydrogen-bond acceptors (Lipinski definition) is 4. The van der Waals surface area contributed by atoms with Gasteiger partial charge in [0.25, 0.3) is 0 Å². The number of nitrogens with zero attached hydrogens (tertiary/aromatic N) is 1. The van der Waals surface area contributed by atoms with Gasteiger partial charge in [-0.3, -0.25) is 4.79 Å². The summed E-state index contributed by atoms with van der Waals surface area (Å²) in [6.45, 7) is 5.11. The largest absolute Gasteiger partial charge is 0.453 e. The van der Waals surface area contributed by atoms with Crippen molar-refractivity contribution in [1.29, 1.82) is 0 Å². The summed E-state index contributed by atoms with van der Waals surface area (Å²) in [7, 11) is 0. The molecule has 1 unspecified atom stereocenters. The molecular formula is C18H16F2N2O2. The van der Waals surface area contributed by atoms with Crippen LogP contribution < -0.4 is 11.2 Å². The minimum Gasteiger partial charge on any atom is -0.453 e. The molecular weight excluding hydrogens is 314 g/mol. The van der Waals surface area contributed by atoms with E-state index in [2.05, 4.69) is 4.98 Å². The van der Waals surface area contributed by atoms with Gasteiger partial charge in [-0.15, -0.1) is 0 Å². The van der Waals surface area contributed by atoms with Crippen LogP contribution >= 0.6 is 0 Å². The number of aromatic nitrogens is 1. The molecule has 0 bridgehead atoms. The Bertz CT molecular complexity index is 1010. The van der Waals surface area contributed by atoms with Crippen molar-refractivity contribution < 1.29 is 13.2 Å². The molecule has 1 aromatic carbocycles. The molecule has 0 aliphatic carbocycles. The lowest BCUT2D eigenvalue weighted by molar-refractivity contribution is 0.546. The van der Waals surface area contributed by atoms with E-state index in [1.54, 1.807) is 13.0 Å². The van der Waals surface area contributed by atoms with E-state index in [4.69, 9.17) is 10.2 Å². The van der Waals surface area contributed by atoms with Crippen LogP contribution in [0.2, 0.25) is 0 Å². The highest BCUT2D eigenvalue weighted by Gasteiger charge is 2.20. The van der Waals surface area contributed by atoms with E-state index in [-0.39, 0.29) is 28.0 Å². The summed E-state index contributed by atoms with van der Waals surface area (Å²) < 4.78 is 33.3. The average molecular weight is 330 g/mol. The first-order valence-corrected chi connectivity index (χ1v) is 7.45. The van der Waals surface area contributed by atoms with E-state index in [0.29, 0.717) is 10.9 Å². The molecule has 1 atom stereocenters. The van der Waals surface area contributed by atoms with Crippen molar-refractivity contribution in [2.24, 2.45) is 5.73 Å². The van der Waals surface area contributed by atoms with Gasteiger partial charge in [-0.25, -0.2) is 9.37 Å². The molecule has 0 aliphatic rings. The molecule has 2 heterocycles. The number of pyridine rings is 1. The van der Waals surface area contributed by atoms with Gasteiger partial charge in [0, 0.05) is 17.2 Å². The highest BCUT2D eigenvalue weighted by atomic mass is 19.1. The number of fused-ring (bicyclic) bond motifs is 1. The maximum atomic E-state index is 14.1. The fourth-order valence-corrected chi connectivity index (χ4v) is 2.71. The van der Waals surface area contributed by atoms with Crippen molar-refractivity contribution in [2.75, 3.05) is 0 Å². The molecule has 124 valence electrons. The van der Waals surface area contributed by atoms with E-state index in [9.17, 15) is 13.6 Å². The molecule has 6 heteroatoms. The van der Waals surface area contributed by atoms with Gasteiger partial charge in [-0.05, 0) is 44.5 Å².